The van der Waals surface area contributed by atoms with E-state index in [1.54, 1.807) is 6.07 Å². The summed E-state index contributed by atoms with van der Waals surface area (Å²) < 4.78 is 0. The average molecular weight is 149 g/mol. The summed E-state index contributed by atoms with van der Waals surface area (Å²) in [4.78, 5) is 0. The van der Waals surface area contributed by atoms with Gasteiger partial charge in [0.2, 0.25) is 0 Å². The first-order valence-corrected chi connectivity index (χ1v) is 3.35. The van der Waals surface area contributed by atoms with Crippen LogP contribution in [-0.2, 0) is 0 Å². The number of phenols is 1. The molecule has 0 atom stereocenters. The Labute approximate surface area is 66.0 Å². The molecule has 0 saturated heterocycles. The molecule has 0 unspecified atom stereocenters. The van der Waals surface area contributed by atoms with Gasteiger partial charge in [0, 0.05) is 11.3 Å². The lowest BCUT2D eigenvalue weighted by Gasteiger charge is -2.02. The van der Waals surface area contributed by atoms with Crippen molar-refractivity contribution >= 4 is 5.70 Å². The van der Waals surface area contributed by atoms with Crippen LogP contribution >= 0.6 is 0 Å². The number of nitrogens with two attached hydrogens (primary N) is 1. The van der Waals surface area contributed by atoms with Crippen molar-refractivity contribution in [3.05, 3.63) is 35.9 Å². The highest BCUT2D eigenvalue weighted by atomic mass is 16.3. The van der Waals surface area contributed by atoms with E-state index in [0.717, 1.165) is 11.1 Å². The van der Waals surface area contributed by atoms with Crippen LogP contribution in [-0.4, -0.2) is 5.11 Å². The van der Waals surface area contributed by atoms with Gasteiger partial charge in [-0.15, -0.1) is 0 Å². The fourth-order valence-corrected chi connectivity index (χ4v) is 0.809. The van der Waals surface area contributed by atoms with Gasteiger partial charge in [-0.05, 0) is 18.6 Å². The second kappa shape index (κ2) is 2.66. The van der Waals surface area contributed by atoms with E-state index in [1.807, 2.05) is 19.1 Å². The van der Waals surface area contributed by atoms with E-state index >= 15 is 0 Å². The third-order valence-electron chi connectivity index (χ3n) is 1.58. The molecule has 0 aliphatic rings. The Morgan fingerprint density at radius 1 is 1.55 bits per heavy atom. The molecule has 0 amide bonds. The highest BCUT2D eigenvalue weighted by Gasteiger charge is 1.97. The molecule has 0 heterocycles. The van der Waals surface area contributed by atoms with Crippen LogP contribution in [0.1, 0.15) is 11.1 Å². The maximum Gasteiger partial charge on any atom is 0.119 e. The Morgan fingerprint density at radius 2 is 2.18 bits per heavy atom. The van der Waals surface area contributed by atoms with E-state index in [2.05, 4.69) is 6.58 Å². The van der Waals surface area contributed by atoms with Crippen molar-refractivity contribution in [3.63, 3.8) is 0 Å². The van der Waals surface area contributed by atoms with Crippen molar-refractivity contribution in [3.8, 4) is 5.75 Å². The van der Waals surface area contributed by atoms with Crippen LogP contribution < -0.4 is 5.73 Å². The lowest BCUT2D eigenvalue weighted by atomic mass is 10.1. The van der Waals surface area contributed by atoms with Crippen LogP contribution in [0, 0.1) is 6.92 Å². The molecule has 0 spiro atoms. The molecule has 58 valence electrons. The van der Waals surface area contributed by atoms with Gasteiger partial charge >= 0.3 is 0 Å². The van der Waals surface area contributed by atoms with E-state index in [0.29, 0.717) is 5.70 Å². The third kappa shape index (κ3) is 1.52. The standard InChI is InChI=1S/C9H11NO/c1-6-3-4-8(7(2)10)5-9(6)11/h3-5,11H,2,10H2,1H3. The van der Waals surface area contributed by atoms with Crippen LogP contribution in [0.3, 0.4) is 0 Å². The summed E-state index contributed by atoms with van der Waals surface area (Å²) in [6, 6.07) is 5.25. The van der Waals surface area contributed by atoms with Gasteiger partial charge in [-0.1, -0.05) is 18.7 Å². The summed E-state index contributed by atoms with van der Waals surface area (Å²) in [6.45, 7) is 5.39. The molecule has 0 aromatic heterocycles. The van der Waals surface area contributed by atoms with Gasteiger partial charge in [0.1, 0.15) is 5.75 Å². The first kappa shape index (κ1) is 7.66. The normalized spacial score (nSPS) is 9.55. The molecule has 1 aromatic rings. The molecule has 1 rings (SSSR count). The Kier molecular flexibility index (Phi) is 1.85. The Morgan fingerprint density at radius 3 is 2.64 bits per heavy atom. The molecule has 0 saturated carbocycles. The summed E-state index contributed by atoms with van der Waals surface area (Å²) in [5.74, 6) is 0.258. The molecule has 11 heavy (non-hydrogen) atoms. The number of aryl methyl sites for hydroxylation is 1. The number of hydrogen-bond donors (Lipinski definition) is 2. The van der Waals surface area contributed by atoms with Gasteiger partial charge < -0.3 is 10.8 Å². The number of hydrogen-bond acceptors (Lipinski definition) is 2. The summed E-state index contributed by atoms with van der Waals surface area (Å²) in [6.07, 6.45) is 0. The van der Waals surface area contributed by atoms with Crippen molar-refractivity contribution in [1.29, 1.82) is 0 Å². The molecule has 2 nitrogen and oxygen atoms in total. The van der Waals surface area contributed by atoms with Crippen molar-refractivity contribution in [2.75, 3.05) is 0 Å². The van der Waals surface area contributed by atoms with Crippen molar-refractivity contribution < 1.29 is 5.11 Å². The average Bonchev–Trinajstić information content (AvgIpc) is 1.94. The van der Waals surface area contributed by atoms with E-state index in [1.165, 1.54) is 0 Å². The van der Waals surface area contributed by atoms with Crippen LogP contribution in [0.4, 0.5) is 0 Å². The quantitative estimate of drug-likeness (QED) is 0.637. The predicted octanol–water partition coefficient (Wildman–Crippen LogP) is 1.63. The van der Waals surface area contributed by atoms with Crippen LogP contribution in [0.15, 0.2) is 24.8 Å². The SMILES string of the molecule is C=C(N)c1ccc(C)c(O)c1. The van der Waals surface area contributed by atoms with Crippen LogP contribution in [0.2, 0.25) is 0 Å². The zero-order valence-electron chi connectivity index (χ0n) is 6.46. The summed E-state index contributed by atoms with van der Waals surface area (Å²) in [7, 11) is 0. The van der Waals surface area contributed by atoms with Gasteiger partial charge in [-0.25, -0.2) is 0 Å². The zero-order valence-corrected chi connectivity index (χ0v) is 6.46. The molecule has 0 bridgehead atoms. The number of rotatable bonds is 1. The summed E-state index contributed by atoms with van der Waals surface area (Å²) in [5, 5.41) is 9.25. The molecule has 3 N–H and O–H groups in total. The van der Waals surface area contributed by atoms with Gasteiger partial charge in [0.15, 0.2) is 0 Å². The van der Waals surface area contributed by atoms with Crippen molar-refractivity contribution in [2.45, 2.75) is 6.92 Å². The fraction of sp³-hybridized carbons (Fsp3) is 0.111. The lowest BCUT2D eigenvalue weighted by Crippen LogP contribution is -1.93. The van der Waals surface area contributed by atoms with E-state index < -0.39 is 0 Å². The highest BCUT2D eigenvalue weighted by Crippen LogP contribution is 2.19. The number of phenolic OH excluding ortho intramolecular Hbond substituents is 1. The van der Waals surface area contributed by atoms with Gasteiger partial charge in [0.25, 0.3) is 0 Å². The van der Waals surface area contributed by atoms with Crippen molar-refractivity contribution in [2.24, 2.45) is 5.73 Å². The minimum Gasteiger partial charge on any atom is -0.508 e. The number of benzene rings is 1. The summed E-state index contributed by atoms with van der Waals surface area (Å²) >= 11 is 0. The topological polar surface area (TPSA) is 46.2 Å². The fourth-order valence-electron chi connectivity index (χ4n) is 0.809. The van der Waals surface area contributed by atoms with E-state index in [4.69, 9.17) is 5.73 Å². The smallest absolute Gasteiger partial charge is 0.119 e. The zero-order chi connectivity index (χ0) is 8.43. The Hall–Kier alpha value is -1.44. The monoisotopic (exact) mass is 149 g/mol. The molecule has 0 aliphatic heterocycles. The van der Waals surface area contributed by atoms with Crippen LogP contribution in [0.25, 0.3) is 5.70 Å². The lowest BCUT2D eigenvalue weighted by molar-refractivity contribution is 0.471. The Bertz CT molecular complexity index is 292. The number of aromatic hydroxyl groups is 1. The van der Waals surface area contributed by atoms with Gasteiger partial charge in [-0.2, -0.15) is 0 Å². The molecule has 2 heteroatoms. The largest absolute Gasteiger partial charge is 0.508 e. The second-order valence-electron chi connectivity index (χ2n) is 2.53. The highest BCUT2D eigenvalue weighted by molar-refractivity contribution is 5.62. The minimum absolute atomic E-state index is 0.258. The van der Waals surface area contributed by atoms with Gasteiger partial charge in [0.05, 0.1) is 0 Å². The maximum absolute atomic E-state index is 9.25. The first-order valence-electron chi connectivity index (χ1n) is 3.35. The molecule has 0 fully saturated rings. The molecule has 0 radical (unpaired) electrons. The summed E-state index contributed by atoms with van der Waals surface area (Å²) in [5.41, 5.74) is 7.51. The maximum atomic E-state index is 9.25. The third-order valence-corrected chi connectivity index (χ3v) is 1.58. The van der Waals surface area contributed by atoms with Crippen molar-refractivity contribution in [1.82, 2.24) is 0 Å². The minimum atomic E-state index is 0.258. The Balaban J connectivity index is 3.15. The molecule has 0 aliphatic carbocycles. The van der Waals surface area contributed by atoms with Gasteiger partial charge in [-0.3, -0.25) is 0 Å². The first-order chi connectivity index (χ1) is 5.11. The molecular formula is C9H11NO. The molecular weight excluding hydrogens is 138 g/mol. The van der Waals surface area contributed by atoms with Crippen LogP contribution in [0.5, 0.6) is 5.75 Å². The van der Waals surface area contributed by atoms with E-state index in [-0.39, 0.29) is 5.75 Å². The van der Waals surface area contributed by atoms with E-state index in [9.17, 15) is 5.11 Å². The molecule has 1 aromatic carbocycles. The predicted molar refractivity (Wildman–Crippen MR) is 46.1 cm³/mol. The second-order valence-corrected chi connectivity index (χ2v) is 2.53.